The molecule has 0 aliphatic carbocycles. The standard InChI is InChI=1S/C11H22O5/c1-4-6(2)8-10(14)9(13)7(5-12)16-11(8)15-3/h6-14H,4-5H2,1-3H3/t6?,7?,8?,9-,10?,11+/m0/s1. The van der Waals surface area contributed by atoms with Gasteiger partial charge in [0.2, 0.25) is 0 Å². The van der Waals surface area contributed by atoms with Crippen LogP contribution in [0.1, 0.15) is 20.3 Å². The third kappa shape index (κ3) is 2.55. The second-order valence-corrected chi connectivity index (χ2v) is 4.41. The molecule has 1 rings (SSSR count). The van der Waals surface area contributed by atoms with Gasteiger partial charge in [-0.25, -0.2) is 0 Å². The van der Waals surface area contributed by atoms with Crippen LogP contribution in [0.4, 0.5) is 0 Å². The first-order chi connectivity index (χ1) is 7.56. The van der Waals surface area contributed by atoms with Crippen molar-refractivity contribution in [2.24, 2.45) is 11.8 Å². The van der Waals surface area contributed by atoms with Crippen LogP contribution in [0.3, 0.4) is 0 Å². The van der Waals surface area contributed by atoms with Gasteiger partial charge < -0.3 is 24.8 Å². The fourth-order valence-corrected chi connectivity index (χ4v) is 2.19. The predicted octanol–water partition coefficient (Wildman–Crippen LogP) is -0.266. The molecule has 0 aromatic rings. The molecule has 1 aliphatic rings. The van der Waals surface area contributed by atoms with Crippen molar-refractivity contribution in [1.82, 2.24) is 0 Å². The highest BCUT2D eigenvalue weighted by Crippen LogP contribution is 2.33. The molecule has 16 heavy (non-hydrogen) atoms. The Morgan fingerprint density at radius 3 is 2.38 bits per heavy atom. The molecule has 1 saturated heterocycles. The summed E-state index contributed by atoms with van der Waals surface area (Å²) in [7, 11) is 1.50. The molecule has 0 spiro atoms. The number of rotatable bonds is 4. The second kappa shape index (κ2) is 5.93. The van der Waals surface area contributed by atoms with Crippen LogP contribution in [0.15, 0.2) is 0 Å². The van der Waals surface area contributed by atoms with Gasteiger partial charge in [0, 0.05) is 13.0 Å². The zero-order valence-corrected chi connectivity index (χ0v) is 10.0. The van der Waals surface area contributed by atoms with Crippen molar-refractivity contribution < 1.29 is 24.8 Å². The van der Waals surface area contributed by atoms with Gasteiger partial charge in [-0.2, -0.15) is 0 Å². The first-order valence-corrected chi connectivity index (χ1v) is 5.72. The van der Waals surface area contributed by atoms with E-state index in [1.54, 1.807) is 0 Å². The molecule has 5 heteroatoms. The van der Waals surface area contributed by atoms with E-state index in [0.717, 1.165) is 6.42 Å². The molecular weight excluding hydrogens is 212 g/mol. The van der Waals surface area contributed by atoms with E-state index in [4.69, 9.17) is 14.6 Å². The molecule has 0 aromatic carbocycles. The van der Waals surface area contributed by atoms with Crippen molar-refractivity contribution in [2.45, 2.75) is 44.9 Å². The fourth-order valence-electron chi connectivity index (χ4n) is 2.19. The van der Waals surface area contributed by atoms with Gasteiger partial charge in [0.1, 0.15) is 12.2 Å². The normalized spacial score (nSPS) is 42.0. The van der Waals surface area contributed by atoms with Gasteiger partial charge in [-0.1, -0.05) is 20.3 Å². The smallest absolute Gasteiger partial charge is 0.163 e. The van der Waals surface area contributed by atoms with Crippen molar-refractivity contribution in [3.05, 3.63) is 0 Å². The highest BCUT2D eigenvalue weighted by atomic mass is 16.7. The second-order valence-electron chi connectivity index (χ2n) is 4.41. The molecule has 6 atom stereocenters. The molecule has 1 aliphatic heterocycles. The molecule has 5 nitrogen and oxygen atoms in total. The molecule has 1 heterocycles. The van der Waals surface area contributed by atoms with E-state index in [1.165, 1.54) is 7.11 Å². The van der Waals surface area contributed by atoms with Crippen LogP contribution in [0, 0.1) is 11.8 Å². The summed E-state index contributed by atoms with van der Waals surface area (Å²) in [6.45, 7) is 3.66. The average Bonchev–Trinajstić information content (AvgIpc) is 2.31. The summed E-state index contributed by atoms with van der Waals surface area (Å²) in [6.07, 6.45) is -2.48. The number of hydrogen-bond acceptors (Lipinski definition) is 5. The summed E-state index contributed by atoms with van der Waals surface area (Å²) in [5.41, 5.74) is 0. The summed E-state index contributed by atoms with van der Waals surface area (Å²) in [5.74, 6) is -0.0953. The zero-order chi connectivity index (χ0) is 12.3. The summed E-state index contributed by atoms with van der Waals surface area (Å²) in [5, 5.41) is 28.8. The van der Waals surface area contributed by atoms with E-state index in [0.29, 0.717) is 0 Å². The monoisotopic (exact) mass is 234 g/mol. The van der Waals surface area contributed by atoms with Gasteiger partial charge in [-0.3, -0.25) is 0 Å². The third-order valence-corrected chi connectivity index (χ3v) is 3.46. The highest BCUT2D eigenvalue weighted by molar-refractivity contribution is 4.90. The van der Waals surface area contributed by atoms with Crippen molar-refractivity contribution in [3.63, 3.8) is 0 Å². The van der Waals surface area contributed by atoms with Gasteiger partial charge in [0.25, 0.3) is 0 Å². The molecular formula is C11H22O5. The van der Waals surface area contributed by atoms with Crippen molar-refractivity contribution in [2.75, 3.05) is 13.7 Å². The maximum absolute atomic E-state index is 10.0. The van der Waals surface area contributed by atoms with E-state index in [1.807, 2.05) is 13.8 Å². The van der Waals surface area contributed by atoms with Gasteiger partial charge >= 0.3 is 0 Å². The maximum atomic E-state index is 10.0. The minimum Gasteiger partial charge on any atom is -0.394 e. The Morgan fingerprint density at radius 2 is 1.94 bits per heavy atom. The Bertz CT molecular complexity index is 209. The van der Waals surface area contributed by atoms with E-state index in [-0.39, 0.29) is 18.4 Å². The molecule has 3 N–H and O–H groups in total. The maximum Gasteiger partial charge on any atom is 0.163 e. The topological polar surface area (TPSA) is 79.2 Å². The van der Waals surface area contributed by atoms with Crippen LogP contribution in [-0.4, -0.2) is 53.6 Å². The van der Waals surface area contributed by atoms with Crippen molar-refractivity contribution in [1.29, 1.82) is 0 Å². The SMILES string of the molecule is CCC(C)C1C(O)[C@@H](O)C(CO)O[C@H]1OC. The molecule has 0 saturated carbocycles. The number of aliphatic hydroxyl groups is 3. The van der Waals surface area contributed by atoms with Crippen LogP contribution in [0.5, 0.6) is 0 Å². The molecule has 4 unspecified atom stereocenters. The van der Waals surface area contributed by atoms with Crippen molar-refractivity contribution >= 4 is 0 Å². The largest absolute Gasteiger partial charge is 0.394 e. The lowest BCUT2D eigenvalue weighted by Gasteiger charge is -2.44. The quantitative estimate of drug-likeness (QED) is 0.624. The highest BCUT2D eigenvalue weighted by Gasteiger charge is 2.46. The summed E-state index contributed by atoms with van der Waals surface area (Å²) < 4.78 is 10.6. The fraction of sp³-hybridized carbons (Fsp3) is 1.00. The Kier molecular flexibility index (Phi) is 5.14. The van der Waals surface area contributed by atoms with Gasteiger partial charge in [-0.15, -0.1) is 0 Å². The van der Waals surface area contributed by atoms with Crippen molar-refractivity contribution in [3.8, 4) is 0 Å². The van der Waals surface area contributed by atoms with Crippen LogP contribution >= 0.6 is 0 Å². The van der Waals surface area contributed by atoms with Gasteiger partial charge in [-0.05, 0) is 5.92 Å². The number of aliphatic hydroxyl groups excluding tert-OH is 3. The number of methoxy groups -OCH3 is 1. The van der Waals surface area contributed by atoms with Crippen LogP contribution < -0.4 is 0 Å². The lowest BCUT2D eigenvalue weighted by Crippen LogP contribution is -2.57. The third-order valence-electron chi connectivity index (χ3n) is 3.46. The summed E-state index contributed by atoms with van der Waals surface area (Å²) >= 11 is 0. The van der Waals surface area contributed by atoms with E-state index >= 15 is 0 Å². The zero-order valence-electron chi connectivity index (χ0n) is 10.0. The number of hydrogen-bond donors (Lipinski definition) is 3. The Balaban J connectivity index is 2.81. The summed E-state index contributed by atoms with van der Waals surface area (Å²) in [4.78, 5) is 0. The van der Waals surface area contributed by atoms with E-state index in [9.17, 15) is 10.2 Å². The minimum absolute atomic E-state index is 0.175. The Morgan fingerprint density at radius 1 is 1.31 bits per heavy atom. The van der Waals surface area contributed by atoms with Crippen LogP contribution in [0.25, 0.3) is 0 Å². The van der Waals surface area contributed by atoms with E-state index in [2.05, 4.69) is 0 Å². The molecule has 0 aromatic heterocycles. The lowest BCUT2D eigenvalue weighted by atomic mass is 9.81. The first-order valence-electron chi connectivity index (χ1n) is 5.72. The molecule has 96 valence electrons. The van der Waals surface area contributed by atoms with Crippen LogP contribution in [-0.2, 0) is 9.47 Å². The molecule has 0 amide bonds. The van der Waals surface area contributed by atoms with Gasteiger partial charge in [0.05, 0.1) is 12.7 Å². The average molecular weight is 234 g/mol. The minimum atomic E-state index is -1.06. The number of ether oxygens (including phenoxy) is 2. The van der Waals surface area contributed by atoms with Gasteiger partial charge in [0.15, 0.2) is 6.29 Å². The van der Waals surface area contributed by atoms with E-state index < -0.39 is 24.6 Å². The first kappa shape index (κ1) is 13.9. The van der Waals surface area contributed by atoms with Crippen LogP contribution in [0.2, 0.25) is 0 Å². The lowest BCUT2D eigenvalue weighted by molar-refractivity contribution is -0.286. The summed E-state index contributed by atoms with van der Waals surface area (Å²) in [6, 6.07) is 0. The predicted molar refractivity (Wildman–Crippen MR) is 57.7 cm³/mol. The molecule has 1 fully saturated rings. The Labute approximate surface area is 96.0 Å². The Hall–Kier alpha value is -0.200. The molecule has 0 radical (unpaired) electrons. The molecule has 0 bridgehead atoms.